The van der Waals surface area contributed by atoms with Gasteiger partial charge in [-0.3, -0.25) is 0 Å². The van der Waals surface area contributed by atoms with E-state index in [0.717, 1.165) is 12.8 Å². The summed E-state index contributed by atoms with van der Waals surface area (Å²) in [6, 6.07) is 15.7. The van der Waals surface area contributed by atoms with Gasteiger partial charge in [0.05, 0.1) is 0 Å². The lowest BCUT2D eigenvalue weighted by Crippen LogP contribution is -1.93. The van der Waals surface area contributed by atoms with Gasteiger partial charge in [0.2, 0.25) is 0 Å². The third-order valence-electron chi connectivity index (χ3n) is 4.52. The second-order valence-corrected chi connectivity index (χ2v) is 5.97. The van der Waals surface area contributed by atoms with Gasteiger partial charge in [0.25, 0.3) is 0 Å². The van der Waals surface area contributed by atoms with Crippen LogP contribution in [0.2, 0.25) is 0 Å². The molecule has 3 rings (SSSR count). The Balaban J connectivity index is 2.07. The lowest BCUT2D eigenvalue weighted by molar-refractivity contribution is 0.796. The van der Waals surface area contributed by atoms with E-state index in [9.17, 15) is 0 Å². The average Bonchev–Trinajstić information content (AvgIpc) is 2.96. The molecule has 0 bridgehead atoms. The zero-order chi connectivity index (χ0) is 14.7. The molecule has 0 spiro atoms. The van der Waals surface area contributed by atoms with Crippen LogP contribution >= 0.6 is 0 Å². The average molecular weight is 276 g/mol. The van der Waals surface area contributed by atoms with Crippen LogP contribution in [0.1, 0.15) is 49.8 Å². The minimum absolute atomic E-state index is 1.14. The molecule has 21 heavy (non-hydrogen) atoms. The predicted octanol–water partition coefficient (Wildman–Crippen LogP) is 6.05. The molecule has 1 aliphatic rings. The molecule has 0 heteroatoms. The van der Waals surface area contributed by atoms with Crippen molar-refractivity contribution in [3.05, 3.63) is 64.7 Å². The zero-order valence-corrected chi connectivity index (χ0v) is 13.2. The lowest BCUT2D eigenvalue weighted by Gasteiger charge is -2.13. The van der Waals surface area contributed by atoms with Crippen molar-refractivity contribution in [1.29, 1.82) is 0 Å². The third kappa shape index (κ3) is 2.81. The van der Waals surface area contributed by atoms with E-state index >= 15 is 0 Å². The number of hydrogen-bond acceptors (Lipinski definition) is 0. The zero-order valence-electron chi connectivity index (χ0n) is 13.2. The minimum Gasteiger partial charge on any atom is -0.0655 e. The van der Waals surface area contributed by atoms with Crippen molar-refractivity contribution in [2.45, 2.75) is 46.0 Å². The maximum atomic E-state index is 2.42. The SMILES string of the molecule is CCCCc1ccccc1-c1cccc2c1C=C(CC)C2. The van der Waals surface area contributed by atoms with Crippen LogP contribution in [0.15, 0.2) is 48.0 Å². The molecule has 1 aliphatic carbocycles. The molecule has 0 amide bonds. The van der Waals surface area contributed by atoms with Gasteiger partial charge in [0.1, 0.15) is 0 Å². The second-order valence-electron chi connectivity index (χ2n) is 5.97. The summed E-state index contributed by atoms with van der Waals surface area (Å²) in [7, 11) is 0. The van der Waals surface area contributed by atoms with Crippen LogP contribution in [0.5, 0.6) is 0 Å². The molecule has 0 saturated heterocycles. The highest BCUT2D eigenvalue weighted by Gasteiger charge is 2.16. The molecule has 0 nitrogen and oxygen atoms in total. The molecule has 0 heterocycles. The number of aryl methyl sites for hydroxylation is 1. The minimum atomic E-state index is 1.14. The fraction of sp³-hybridized carbons (Fsp3) is 0.333. The monoisotopic (exact) mass is 276 g/mol. The van der Waals surface area contributed by atoms with Crippen molar-refractivity contribution in [2.24, 2.45) is 0 Å². The van der Waals surface area contributed by atoms with Crippen LogP contribution in [0.4, 0.5) is 0 Å². The van der Waals surface area contributed by atoms with Gasteiger partial charge in [0, 0.05) is 0 Å². The first kappa shape index (κ1) is 14.1. The second kappa shape index (κ2) is 6.30. The van der Waals surface area contributed by atoms with Gasteiger partial charge in [-0.2, -0.15) is 0 Å². The lowest BCUT2D eigenvalue weighted by atomic mass is 9.92. The smallest absolute Gasteiger partial charge is 0.00577 e. The van der Waals surface area contributed by atoms with Gasteiger partial charge in [-0.25, -0.2) is 0 Å². The fourth-order valence-corrected chi connectivity index (χ4v) is 3.27. The van der Waals surface area contributed by atoms with Gasteiger partial charge in [-0.1, -0.05) is 74.4 Å². The maximum absolute atomic E-state index is 2.42. The molecule has 0 N–H and O–H groups in total. The van der Waals surface area contributed by atoms with E-state index in [0.29, 0.717) is 0 Å². The molecular weight excluding hydrogens is 252 g/mol. The molecule has 108 valence electrons. The van der Waals surface area contributed by atoms with Crippen LogP contribution in [0.25, 0.3) is 17.2 Å². The van der Waals surface area contributed by atoms with Crippen molar-refractivity contribution in [2.75, 3.05) is 0 Å². The summed E-state index contributed by atoms with van der Waals surface area (Å²) >= 11 is 0. The van der Waals surface area contributed by atoms with E-state index < -0.39 is 0 Å². The normalized spacial score (nSPS) is 13.1. The molecule has 0 atom stereocenters. The number of rotatable bonds is 5. The third-order valence-corrected chi connectivity index (χ3v) is 4.52. The number of allylic oxidation sites excluding steroid dienone is 1. The number of benzene rings is 2. The van der Waals surface area contributed by atoms with Gasteiger partial charge >= 0.3 is 0 Å². The van der Waals surface area contributed by atoms with Crippen molar-refractivity contribution in [1.82, 2.24) is 0 Å². The number of hydrogen-bond donors (Lipinski definition) is 0. The van der Waals surface area contributed by atoms with E-state index in [2.05, 4.69) is 62.4 Å². The molecule has 0 unspecified atom stereocenters. The Hall–Kier alpha value is -1.82. The first-order chi connectivity index (χ1) is 10.3. The highest BCUT2D eigenvalue weighted by atomic mass is 14.2. The summed E-state index contributed by atoms with van der Waals surface area (Å²) in [5.74, 6) is 0. The van der Waals surface area contributed by atoms with E-state index in [1.54, 1.807) is 5.57 Å². The van der Waals surface area contributed by atoms with E-state index in [-0.39, 0.29) is 0 Å². The maximum Gasteiger partial charge on any atom is -0.00577 e. The fourth-order valence-electron chi connectivity index (χ4n) is 3.27. The summed E-state index contributed by atoms with van der Waals surface area (Å²) in [6.07, 6.45) is 8.41. The Kier molecular flexibility index (Phi) is 4.24. The van der Waals surface area contributed by atoms with Gasteiger partial charge < -0.3 is 0 Å². The van der Waals surface area contributed by atoms with Gasteiger partial charge in [-0.05, 0) is 53.5 Å². The Labute approximate surface area is 128 Å². The van der Waals surface area contributed by atoms with Crippen LogP contribution in [-0.2, 0) is 12.8 Å². The molecule has 0 aromatic heterocycles. The molecule has 0 radical (unpaired) electrons. The summed E-state index contributed by atoms with van der Waals surface area (Å²) in [5, 5.41) is 0. The van der Waals surface area contributed by atoms with Crippen molar-refractivity contribution >= 4 is 6.08 Å². The summed E-state index contributed by atoms with van der Waals surface area (Å²) < 4.78 is 0. The highest BCUT2D eigenvalue weighted by molar-refractivity contribution is 5.82. The summed E-state index contributed by atoms with van der Waals surface area (Å²) in [6.45, 7) is 4.52. The van der Waals surface area contributed by atoms with Gasteiger partial charge in [0.15, 0.2) is 0 Å². The predicted molar refractivity (Wildman–Crippen MR) is 92.5 cm³/mol. The topological polar surface area (TPSA) is 0 Å². The number of fused-ring (bicyclic) bond motifs is 1. The quantitative estimate of drug-likeness (QED) is 0.624. The molecule has 0 fully saturated rings. The Morgan fingerprint density at radius 2 is 1.71 bits per heavy atom. The van der Waals surface area contributed by atoms with Crippen molar-refractivity contribution < 1.29 is 0 Å². The van der Waals surface area contributed by atoms with E-state index in [1.165, 1.54) is 47.1 Å². The first-order valence-corrected chi connectivity index (χ1v) is 8.23. The summed E-state index contributed by atoms with van der Waals surface area (Å²) in [5.41, 5.74) is 8.85. The van der Waals surface area contributed by atoms with Crippen molar-refractivity contribution in [3.63, 3.8) is 0 Å². The Morgan fingerprint density at radius 1 is 0.905 bits per heavy atom. The molecule has 0 saturated carbocycles. The summed E-state index contributed by atoms with van der Waals surface area (Å²) in [4.78, 5) is 0. The Bertz CT molecular complexity index is 661. The molecule has 0 aliphatic heterocycles. The van der Waals surface area contributed by atoms with E-state index in [4.69, 9.17) is 0 Å². The molecule has 2 aromatic rings. The highest BCUT2D eigenvalue weighted by Crippen LogP contribution is 2.36. The van der Waals surface area contributed by atoms with Crippen molar-refractivity contribution in [3.8, 4) is 11.1 Å². The van der Waals surface area contributed by atoms with Crippen LogP contribution in [0, 0.1) is 0 Å². The standard InChI is InChI=1S/C21H24/c1-3-5-9-17-10-6-7-12-19(17)20-13-8-11-18-14-16(4-2)15-21(18)20/h6-8,10-13,15H,3-5,9,14H2,1-2H3. The van der Waals surface area contributed by atoms with Crippen LogP contribution in [0.3, 0.4) is 0 Å². The van der Waals surface area contributed by atoms with Crippen LogP contribution < -0.4 is 0 Å². The molecule has 2 aromatic carbocycles. The Morgan fingerprint density at radius 3 is 2.52 bits per heavy atom. The number of unbranched alkanes of at least 4 members (excludes halogenated alkanes) is 1. The van der Waals surface area contributed by atoms with Gasteiger partial charge in [-0.15, -0.1) is 0 Å². The first-order valence-electron chi connectivity index (χ1n) is 8.23. The largest absolute Gasteiger partial charge is 0.0655 e. The van der Waals surface area contributed by atoms with E-state index in [1.807, 2.05) is 0 Å². The molecular formula is C21H24. The van der Waals surface area contributed by atoms with Crippen LogP contribution in [-0.4, -0.2) is 0 Å².